The smallest absolute Gasteiger partial charge is 0.314 e. The Labute approximate surface area is 111 Å². The third kappa shape index (κ3) is 5.80. The van der Waals surface area contributed by atoms with Crippen LogP contribution in [0.5, 0.6) is 0 Å². The minimum Gasteiger partial charge on any atom is -0.314 e. The number of nitrogens with zero attached hydrogens (tertiary/aromatic N) is 1. The SMILES string of the molecule is FC(F)(F)SCCN1CCC(CNC2CC2)CC1. The number of hydrogen-bond acceptors (Lipinski definition) is 3. The second-order valence-electron chi connectivity index (χ2n) is 5.26. The van der Waals surface area contributed by atoms with Crippen molar-refractivity contribution in [3.63, 3.8) is 0 Å². The molecule has 0 bridgehead atoms. The van der Waals surface area contributed by atoms with Gasteiger partial charge in [0.15, 0.2) is 0 Å². The van der Waals surface area contributed by atoms with E-state index in [9.17, 15) is 13.2 Å². The van der Waals surface area contributed by atoms with Gasteiger partial charge in [-0.25, -0.2) is 0 Å². The van der Waals surface area contributed by atoms with Gasteiger partial charge in [-0.2, -0.15) is 13.2 Å². The van der Waals surface area contributed by atoms with Gasteiger partial charge in [-0.1, -0.05) is 0 Å². The molecule has 1 N–H and O–H groups in total. The number of alkyl halides is 3. The Hall–Kier alpha value is 0.0600. The average Bonchev–Trinajstić information content (AvgIpc) is 3.10. The van der Waals surface area contributed by atoms with E-state index in [-0.39, 0.29) is 17.5 Å². The summed E-state index contributed by atoms with van der Waals surface area (Å²) in [6.07, 6.45) is 4.87. The first kappa shape index (κ1) is 14.5. The second kappa shape index (κ2) is 6.48. The Kier molecular flexibility index (Phi) is 5.21. The lowest BCUT2D eigenvalue weighted by molar-refractivity contribution is -0.0329. The predicted octanol–water partition coefficient (Wildman–Crippen LogP) is 2.70. The Bertz CT molecular complexity index is 248. The number of likely N-dealkylation sites (tertiary alicyclic amines) is 1. The Morgan fingerprint density at radius 3 is 2.33 bits per heavy atom. The molecule has 1 aliphatic heterocycles. The monoisotopic (exact) mass is 282 g/mol. The van der Waals surface area contributed by atoms with Gasteiger partial charge in [0.25, 0.3) is 0 Å². The van der Waals surface area contributed by atoms with E-state index in [0.29, 0.717) is 6.54 Å². The zero-order valence-electron chi connectivity index (χ0n) is 10.5. The standard InChI is InChI=1S/C12H21F3N2S/c13-12(14,15)18-8-7-17-5-3-10(4-6-17)9-16-11-1-2-11/h10-11,16H,1-9H2. The van der Waals surface area contributed by atoms with Crippen LogP contribution in [0, 0.1) is 5.92 Å². The highest BCUT2D eigenvalue weighted by Gasteiger charge is 2.28. The molecule has 2 rings (SSSR count). The molecule has 0 radical (unpaired) electrons. The van der Waals surface area contributed by atoms with Gasteiger partial charge in [0.05, 0.1) is 0 Å². The van der Waals surface area contributed by atoms with Crippen LogP contribution in [0.3, 0.4) is 0 Å². The molecule has 0 unspecified atom stereocenters. The summed E-state index contributed by atoms with van der Waals surface area (Å²) in [6, 6.07) is 0.756. The van der Waals surface area contributed by atoms with Crippen LogP contribution in [-0.4, -0.2) is 48.4 Å². The number of hydrogen-bond donors (Lipinski definition) is 1. The Balaban J connectivity index is 1.52. The van der Waals surface area contributed by atoms with Crippen LogP contribution < -0.4 is 5.32 Å². The van der Waals surface area contributed by atoms with Crippen LogP contribution in [0.15, 0.2) is 0 Å². The molecule has 106 valence electrons. The molecule has 0 spiro atoms. The lowest BCUT2D eigenvalue weighted by atomic mass is 9.97. The maximum atomic E-state index is 12.0. The van der Waals surface area contributed by atoms with Gasteiger partial charge in [-0.3, -0.25) is 0 Å². The number of rotatable bonds is 6. The molecule has 1 aliphatic carbocycles. The second-order valence-corrected chi connectivity index (χ2v) is 6.42. The molecule has 1 heterocycles. The topological polar surface area (TPSA) is 15.3 Å². The van der Waals surface area contributed by atoms with E-state index in [1.165, 1.54) is 12.8 Å². The first-order valence-corrected chi connectivity index (χ1v) is 7.68. The summed E-state index contributed by atoms with van der Waals surface area (Å²) in [6.45, 7) is 3.56. The third-order valence-electron chi connectivity index (χ3n) is 3.65. The molecule has 2 aliphatic rings. The molecule has 0 amide bonds. The van der Waals surface area contributed by atoms with E-state index >= 15 is 0 Å². The fraction of sp³-hybridized carbons (Fsp3) is 1.00. The van der Waals surface area contributed by atoms with Crippen LogP contribution >= 0.6 is 11.8 Å². The van der Waals surface area contributed by atoms with Gasteiger partial charge in [0, 0.05) is 18.3 Å². The molecule has 0 aromatic heterocycles. The summed E-state index contributed by atoms with van der Waals surface area (Å²) in [5.74, 6) is 0.881. The normalized spacial score (nSPS) is 23.5. The van der Waals surface area contributed by atoms with Crippen LogP contribution in [0.4, 0.5) is 13.2 Å². The molecular formula is C12H21F3N2S. The number of piperidine rings is 1. The van der Waals surface area contributed by atoms with E-state index < -0.39 is 5.51 Å². The molecule has 2 fully saturated rings. The summed E-state index contributed by atoms with van der Waals surface area (Å²) in [5, 5.41) is 3.53. The van der Waals surface area contributed by atoms with Crippen molar-refractivity contribution in [2.75, 3.05) is 31.9 Å². The molecule has 1 saturated carbocycles. The highest BCUT2D eigenvalue weighted by molar-refractivity contribution is 8.00. The summed E-state index contributed by atoms with van der Waals surface area (Å²) in [5.41, 5.74) is -4.08. The van der Waals surface area contributed by atoms with Gasteiger partial charge in [0.2, 0.25) is 0 Å². The number of thioether (sulfide) groups is 1. The van der Waals surface area contributed by atoms with Crippen molar-refractivity contribution in [1.29, 1.82) is 0 Å². The van der Waals surface area contributed by atoms with Crippen LogP contribution in [0.1, 0.15) is 25.7 Å². The predicted molar refractivity (Wildman–Crippen MR) is 68.7 cm³/mol. The van der Waals surface area contributed by atoms with Crippen molar-refractivity contribution in [3.8, 4) is 0 Å². The number of nitrogens with one attached hydrogen (secondary N) is 1. The highest BCUT2D eigenvalue weighted by atomic mass is 32.2. The maximum Gasteiger partial charge on any atom is 0.441 e. The van der Waals surface area contributed by atoms with Crippen LogP contribution in [0.25, 0.3) is 0 Å². The van der Waals surface area contributed by atoms with Crippen molar-refractivity contribution in [1.82, 2.24) is 10.2 Å². The Morgan fingerprint density at radius 2 is 1.78 bits per heavy atom. The van der Waals surface area contributed by atoms with Crippen LogP contribution in [0.2, 0.25) is 0 Å². The van der Waals surface area contributed by atoms with Crippen molar-refractivity contribution in [2.45, 2.75) is 37.2 Å². The van der Waals surface area contributed by atoms with E-state index in [2.05, 4.69) is 10.2 Å². The summed E-state index contributed by atoms with van der Waals surface area (Å²) < 4.78 is 36.0. The van der Waals surface area contributed by atoms with Gasteiger partial charge >= 0.3 is 5.51 Å². The van der Waals surface area contributed by atoms with Crippen LogP contribution in [-0.2, 0) is 0 Å². The Morgan fingerprint density at radius 1 is 1.11 bits per heavy atom. The van der Waals surface area contributed by atoms with E-state index in [1.54, 1.807) is 0 Å². The molecule has 0 aromatic carbocycles. The molecule has 18 heavy (non-hydrogen) atoms. The minimum atomic E-state index is -4.08. The first-order chi connectivity index (χ1) is 8.53. The van der Waals surface area contributed by atoms with E-state index in [4.69, 9.17) is 0 Å². The van der Waals surface area contributed by atoms with E-state index in [1.807, 2.05) is 0 Å². The van der Waals surface area contributed by atoms with Gasteiger partial charge in [-0.05, 0) is 63.0 Å². The lowest BCUT2D eigenvalue weighted by Gasteiger charge is -2.32. The van der Waals surface area contributed by atoms with Crippen molar-refractivity contribution >= 4 is 11.8 Å². The zero-order chi connectivity index (χ0) is 13.0. The van der Waals surface area contributed by atoms with Crippen molar-refractivity contribution < 1.29 is 13.2 Å². The molecule has 0 aromatic rings. The largest absolute Gasteiger partial charge is 0.441 e. The lowest BCUT2D eigenvalue weighted by Crippen LogP contribution is -2.38. The van der Waals surface area contributed by atoms with Crippen molar-refractivity contribution in [3.05, 3.63) is 0 Å². The summed E-state index contributed by atoms with van der Waals surface area (Å²) in [7, 11) is 0. The minimum absolute atomic E-state index is 0.0964. The molecule has 0 atom stereocenters. The van der Waals surface area contributed by atoms with E-state index in [0.717, 1.165) is 44.4 Å². The quantitative estimate of drug-likeness (QED) is 0.806. The first-order valence-electron chi connectivity index (χ1n) is 6.69. The molecule has 1 saturated heterocycles. The molecule has 6 heteroatoms. The summed E-state index contributed by atoms with van der Waals surface area (Å²) in [4.78, 5) is 2.16. The fourth-order valence-electron chi connectivity index (χ4n) is 2.33. The van der Waals surface area contributed by atoms with Gasteiger partial charge < -0.3 is 10.2 Å². The molecule has 2 nitrogen and oxygen atoms in total. The fourth-order valence-corrected chi connectivity index (χ4v) is 2.91. The highest BCUT2D eigenvalue weighted by Crippen LogP contribution is 2.30. The van der Waals surface area contributed by atoms with Gasteiger partial charge in [-0.15, -0.1) is 0 Å². The average molecular weight is 282 g/mol. The van der Waals surface area contributed by atoms with Crippen molar-refractivity contribution in [2.24, 2.45) is 5.92 Å². The third-order valence-corrected chi connectivity index (χ3v) is 4.37. The summed E-state index contributed by atoms with van der Waals surface area (Å²) >= 11 is 0.0964. The molecular weight excluding hydrogens is 261 g/mol. The maximum absolute atomic E-state index is 12.0. The zero-order valence-corrected chi connectivity index (χ0v) is 11.3. The van der Waals surface area contributed by atoms with Gasteiger partial charge in [0.1, 0.15) is 0 Å². The number of halogens is 3.